The zero-order chi connectivity index (χ0) is 13.5. The van der Waals surface area contributed by atoms with Gasteiger partial charge in [-0.2, -0.15) is 0 Å². The number of ether oxygens (including phenoxy) is 1. The first-order valence-electron chi connectivity index (χ1n) is 5.33. The molecule has 100 valence electrons. The zero-order valence-corrected chi connectivity index (χ0v) is 11.5. The van der Waals surface area contributed by atoms with Gasteiger partial charge >= 0.3 is 13.8 Å². The smallest absolute Gasteiger partial charge is 0.484 e. The summed E-state index contributed by atoms with van der Waals surface area (Å²) in [6.07, 6.45) is -0.228. The van der Waals surface area contributed by atoms with Crippen molar-refractivity contribution in [3.05, 3.63) is 12.3 Å². The molecule has 0 aliphatic rings. The molecule has 0 fully saturated rings. The Kier molecular flexibility index (Phi) is 7.11. The number of phosphoric acid groups is 1. The van der Waals surface area contributed by atoms with E-state index in [1.165, 1.54) is 0 Å². The van der Waals surface area contributed by atoms with Gasteiger partial charge < -0.3 is 9.26 Å². The first-order valence-corrected chi connectivity index (χ1v) is 6.79. The Hall–Kier alpha value is -0.840. The van der Waals surface area contributed by atoms with Crippen molar-refractivity contribution in [2.75, 3.05) is 13.2 Å². The third kappa shape index (κ3) is 6.46. The van der Waals surface area contributed by atoms with Crippen molar-refractivity contribution >= 4 is 13.8 Å². The van der Waals surface area contributed by atoms with Crippen LogP contribution in [0.3, 0.4) is 0 Å². The zero-order valence-electron chi connectivity index (χ0n) is 10.6. The summed E-state index contributed by atoms with van der Waals surface area (Å²) in [5, 5.41) is 0. The highest BCUT2D eigenvalue weighted by Crippen LogP contribution is 2.49. The van der Waals surface area contributed by atoms with Gasteiger partial charge in [-0.3, -0.25) is 9.05 Å². The van der Waals surface area contributed by atoms with Gasteiger partial charge in [0.1, 0.15) is 0 Å². The summed E-state index contributed by atoms with van der Waals surface area (Å²) in [5.41, 5.74) is 0. The number of phosphoric ester groups is 1. The normalized spacial score (nSPS) is 11.4. The molecule has 0 aliphatic heterocycles. The Bertz CT molecular complexity index is 302. The highest BCUT2D eigenvalue weighted by molar-refractivity contribution is 7.49. The lowest BCUT2D eigenvalue weighted by Gasteiger charge is -2.17. The lowest BCUT2D eigenvalue weighted by Crippen LogP contribution is -2.14. The Morgan fingerprint density at radius 2 is 1.71 bits per heavy atom. The van der Waals surface area contributed by atoms with E-state index in [1.807, 2.05) is 0 Å². The minimum atomic E-state index is -3.86. The lowest BCUT2D eigenvalue weighted by molar-refractivity contribution is -0.136. The van der Waals surface area contributed by atoms with E-state index < -0.39 is 13.8 Å². The van der Waals surface area contributed by atoms with Crippen LogP contribution in [0.5, 0.6) is 0 Å². The third-order valence-electron chi connectivity index (χ3n) is 1.37. The number of hydrogen-bond donors (Lipinski definition) is 0. The van der Waals surface area contributed by atoms with Gasteiger partial charge in [-0.1, -0.05) is 0 Å². The van der Waals surface area contributed by atoms with Crippen LogP contribution in [0.15, 0.2) is 12.3 Å². The van der Waals surface area contributed by atoms with Crippen LogP contribution in [-0.2, 0) is 27.7 Å². The largest absolute Gasteiger partial charge is 0.532 e. The molecule has 0 aliphatic carbocycles. The van der Waals surface area contributed by atoms with E-state index in [2.05, 4.69) is 11.1 Å². The highest BCUT2D eigenvalue weighted by Gasteiger charge is 2.31. The van der Waals surface area contributed by atoms with Gasteiger partial charge in [0.05, 0.1) is 19.3 Å². The fourth-order valence-electron chi connectivity index (χ4n) is 0.891. The molecule has 0 unspecified atom stereocenters. The van der Waals surface area contributed by atoms with Crippen LogP contribution in [0.1, 0.15) is 27.7 Å². The summed E-state index contributed by atoms with van der Waals surface area (Å²) in [4.78, 5) is 11.5. The first-order chi connectivity index (χ1) is 7.84. The molecule has 0 atom stereocenters. The molecule has 0 spiro atoms. The van der Waals surface area contributed by atoms with Crippen LogP contribution in [0.4, 0.5) is 0 Å². The van der Waals surface area contributed by atoms with E-state index in [-0.39, 0.29) is 25.1 Å². The van der Waals surface area contributed by atoms with Crippen LogP contribution in [0, 0.1) is 0 Å². The van der Waals surface area contributed by atoms with Gasteiger partial charge in [0.25, 0.3) is 0 Å². The molecule has 6 nitrogen and oxygen atoms in total. The van der Waals surface area contributed by atoms with Crippen molar-refractivity contribution in [1.82, 2.24) is 0 Å². The maximum absolute atomic E-state index is 11.8. The molecule has 0 heterocycles. The van der Waals surface area contributed by atoms with E-state index in [0.29, 0.717) is 0 Å². The van der Waals surface area contributed by atoms with Gasteiger partial charge in [0.15, 0.2) is 5.76 Å². The van der Waals surface area contributed by atoms with E-state index in [1.54, 1.807) is 27.7 Å². The Morgan fingerprint density at radius 3 is 2.06 bits per heavy atom. The number of hydrogen-bond acceptors (Lipinski definition) is 6. The molecular weight excluding hydrogens is 247 g/mol. The van der Waals surface area contributed by atoms with Crippen LogP contribution < -0.4 is 0 Å². The SMILES string of the molecule is C=C(OC(C)C)C(=O)OP(=O)(OCC)OCC. The lowest BCUT2D eigenvalue weighted by atomic mass is 10.4. The Balaban J connectivity index is 4.50. The summed E-state index contributed by atoms with van der Waals surface area (Å²) in [6, 6.07) is 0. The van der Waals surface area contributed by atoms with E-state index >= 15 is 0 Å². The van der Waals surface area contributed by atoms with Gasteiger partial charge in [-0.15, -0.1) is 0 Å². The van der Waals surface area contributed by atoms with Gasteiger partial charge in [0, 0.05) is 0 Å². The fourth-order valence-corrected chi connectivity index (χ4v) is 2.01. The van der Waals surface area contributed by atoms with Crippen LogP contribution >= 0.6 is 7.82 Å². The second kappa shape index (κ2) is 7.48. The van der Waals surface area contributed by atoms with Crippen molar-refractivity contribution in [1.29, 1.82) is 0 Å². The second-order valence-electron chi connectivity index (χ2n) is 3.25. The first kappa shape index (κ1) is 16.2. The van der Waals surface area contributed by atoms with Crippen LogP contribution in [0.25, 0.3) is 0 Å². The standard InChI is InChI=1S/C10H19O6P/c1-6-13-17(12,14-7-2)16-10(11)9(5)15-8(3)4/h8H,5-7H2,1-4H3. The number of rotatable bonds is 8. The van der Waals surface area contributed by atoms with Gasteiger partial charge in [-0.25, -0.2) is 9.36 Å². The maximum atomic E-state index is 11.8. The molecule has 0 amide bonds. The van der Waals surface area contributed by atoms with E-state index in [0.717, 1.165) is 0 Å². The second-order valence-corrected chi connectivity index (χ2v) is 4.84. The molecule has 7 heteroatoms. The average molecular weight is 266 g/mol. The molecule has 0 radical (unpaired) electrons. The molecular formula is C10H19O6P. The number of carbonyl (C=O) groups excluding carboxylic acids is 1. The summed E-state index contributed by atoms with van der Waals surface area (Å²) in [6.45, 7) is 10.2. The Morgan fingerprint density at radius 1 is 1.24 bits per heavy atom. The van der Waals surface area contributed by atoms with Crippen LogP contribution in [0.2, 0.25) is 0 Å². The van der Waals surface area contributed by atoms with Crippen molar-refractivity contribution in [3.63, 3.8) is 0 Å². The predicted octanol–water partition coefficient (Wildman–Crippen LogP) is 2.65. The monoisotopic (exact) mass is 266 g/mol. The van der Waals surface area contributed by atoms with Crippen LogP contribution in [-0.4, -0.2) is 25.3 Å². The molecule has 0 saturated heterocycles. The minimum Gasteiger partial charge on any atom is -0.484 e. The van der Waals surface area contributed by atoms with Crippen molar-refractivity contribution in [2.24, 2.45) is 0 Å². The molecule has 17 heavy (non-hydrogen) atoms. The van der Waals surface area contributed by atoms with Gasteiger partial charge in [-0.05, 0) is 34.3 Å². The molecule has 0 saturated carbocycles. The Labute approximate surface area is 101 Å². The van der Waals surface area contributed by atoms with Crippen molar-refractivity contribution < 1.29 is 27.7 Å². The minimum absolute atomic E-state index is 0.0993. The van der Waals surface area contributed by atoms with Crippen molar-refractivity contribution in [3.8, 4) is 0 Å². The molecule has 0 bridgehead atoms. The summed E-state index contributed by atoms with van der Waals surface area (Å²) in [5.74, 6) is -1.19. The average Bonchev–Trinajstić information content (AvgIpc) is 2.16. The number of carbonyl (C=O) groups is 1. The fraction of sp³-hybridized carbons (Fsp3) is 0.700. The predicted molar refractivity (Wildman–Crippen MR) is 62.3 cm³/mol. The molecule has 0 N–H and O–H groups in total. The van der Waals surface area contributed by atoms with E-state index in [9.17, 15) is 9.36 Å². The topological polar surface area (TPSA) is 71.1 Å². The summed E-state index contributed by atoms with van der Waals surface area (Å²) in [7, 11) is -3.86. The molecule has 0 aromatic heterocycles. The third-order valence-corrected chi connectivity index (χ3v) is 2.91. The van der Waals surface area contributed by atoms with Gasteiger partial charge in [0.2, 0.25) is 0 Å². The molecule has 0 rings (SSSR count). The quantitative estimate of drug-likeness (QED) is 0.382. The molecule has 0 aromatic carbocycles. The summed E-state index contributed by atoms with van der Waals surface area (Å²) >= 11 is 0. The van der Waals surface area contributed by atoms with E-state index in [4.69, 9.17) is 13.8 Å². The molecule has 0 aromatic rings. The maximum Gasteiger partial charge on any atom is 0.532 e. The van der Waals surface area contributed by atoms with Crippen molar-refractivity contribution in [2.45, 2.75) is 33.8 Å². The highest BCUT2D eigenvalue weighted by atomic mass is 31.2. The summed E-state index contributed by atoms with van der Waals surface area (Å²) < 4.78 is 31.1.